The highest BCUT2D eigenvalue weighted by Crippen LogP contribution is 2.16. The van der Waals surface area contributed by atoms with Crippen molar-refractivity contribution in [1.29, 1.82) is 0 Å². The fourth-order valence-electron chi connectivity index (χ4n) is 1.97. The first-order valence-corrected chi connectivity index (χ1v) is 6.19. The largest absolute Gasteiger partial charge is 0.355 e. The van der Waals surface area contributed by atoms with Crippen molar-refractivity contribution < 1.29 is 4.79 Å². The van der Waals surface area contributed by atoms with Gasteiger partial charge < -0.3 is 10.2 Å². The number of amides is 1. The second-order valence-electron chi connectivity index (χ2n) is 4.03. The van der Waals surface area contributed by atoms with Crippen molar-refractivity contribution in [3.63, 3.8) is 0 Å². The molecular formula is C11H15ClN4O. The lowest BCUT2D eigenvalue weighted by Crippen LogP contribution is -2.45. The molecule has 0 spiro atoms. The summed E-state index contributed by atoms with van der Waals surface area (Å²) in [6.45, 7) is 1.76. The van der Waals surface area contributed by atoms with E-state index >= 15 is 0 Å². The minimum atomic E-state index is -0.0929. The van der Waals surface area contributed by atoms with E-state index in [-0.39, 0.29) is 17.8 Å². The number of hydrogen-bond acceptors (Lipinski definition) is 4. The third kappa shape index (κ3) is 3.30. The highest BCUT2D eigenvalue weighted by molar-refractivity contribution is 6.27. The maximum Gasteiger partial charge on any atom is 0.235 e. The molecule has 1 aliphatic heterocycles. The Bertz CT molecular complexity index is 365. The number of alkyl halides is 1. The van der Waals surface area contributed by atoms with Gasteiger partial charge in [-0.2, -0.15) is 0 Å². The second kappa shape index (κ2) is 5.82. The van der Waals surface area contributed by atoms with E-state index in [0.717, 1.165) is 31.7 Å². The van der Waals surface area contributed by atoms with Crippen LogP contribution in [0.3, 0.4) is 0 Å². The molecule has 1 aromatic rings. The van der Waals surface area contributed by atoms with Crippen LogP contribution < -0.4 is 10.2 Å². The number of halogens is 1. The minimum Gasteiger partial charge on any atom is -0.355 e. The number of anilines is 1. The quantitative estimate of drug-likeness (QED) is 0.811. The average molecular weight is 255 g/mol. The predicted octanol–water partition coefficient (Wildman–Crippen LogP) is 0.800. The summed E-state index contributed by atoms with van der Waals surface area (Å²) in [6, 6.07) is 0.231. The van der Waals surface area contributed by atoms with Gasteiger partial charge in [-0.05, 0) is 12.8 Å². The first-order chi connectivity index (χ1) is 8.29. The molecule has 0 atom stereocenters. The van der Waals surface area contributed by atoms with E-state index in [1.165, 1.54) is 0 Å². The van der Waals surface area contributed by atoms with Crippen molar-refractivity contribution in [2.45, 2.75) is 18.9 Å². The molecule has 6 heteroatoms. The van der Waals surface area contributed by atoms with Gasteiger partial charge in [-0.25, -0.2) is 4.98 Å². The molecule has 1 amide bonds. The molecule has 0 aromatic carbocycles. The monoisotopic (exact) mass is 254 g/mol. The van der Waals surface area contributed by atoms with Crippen molar-refractivity contribution in [2.75, 3.05) is 23.9 Å². The molecular weight excluding hydrogens is 240 g/mol. The topological polar surface area (TPSA) is 58.1 Å². The maximum absolute atomic E-state index is 11.2. The number of rotatable bonds is 3. The van der Waals surface area contributed by atoms with E-state index in [4.69, 9.17) is 11.6 Å². The van der Waals surface area contributed by atoms with Gasteiger partial charge in [0.05, 0.1) is 6.20 Å². The Labute approximate surface area is 105 Å². The molecule has 1 fully saturated rings. The lowest BCUT2D eigenvalue weighted by molar-refractivity contribution is -0.119. The molecule has 1 N–H and O–H groups in total. The molecule has 0 bridgehead atoms. The van der Waals surface area contributed by atoms with Crippen LogP contribution in [0.5, 0.6) is 0 Å². The second-order valence-corrected chi connectivity index (χ2v) is 4.29. The number of carbonyl (C=O) groups is 1. The molecule has 5 nitrogen and oxygen atoms in total. The van der Waals surface area contributed by atoms with Crippen molar-refractivity contribution in [2.24, 2.45) is 0 Å². The zero-order chi connectivity index (χ0) is 12.1. The summed E-state index contributed by atoms with van der Waals surface area (Å²) in [4.78, 5) is 21.6. The van der Waals surface area contributed by atoms with Gasteiger partial charge in [0.25, 0.3) is 0 Å². The molecule has 17 heavy (non-hydrogen) atoms. The van der Waals surface area contributed by atoms with E-state index in [2.05, 4.69) is 20.2 Å². The Kier molecular flexibility index (Phi) is 4.14. The molecule has 0 radical (unpaired) electrons. The third-order valence-electron chi connectivity index (χ3n) is 2.85. The number of aromatic nitrogens is 2. The summed E-state index contributed by atoms with van der Waals surface area (Å²) < 4.78 is 0. The SMILES string of the molecule is O=C(CCl)NC1CCN(c2cnccn2)CC1. The van der Waals surface area contributed by atoms with Crippen LogP contribution >= 0.6 is 11.6 Å². The average Bonchev–Trinajstić information content (AvgIpc) is 2.40. The molecule has 1 saturated heterocycles. The van der Waals surface area contributed by atoms with E-state index < -0.39 is 0 Å². The Morgan fingerprint density at radius 2 is 2.24 bits per heavy atom. The zero-order valence-electron chi connectivity index (χ0n) is 9.47. The van der Waals surface area contributed by atoms with Gasteiger partial charge >= 0.3 is 0 Å². The van der Waals surface area contributed by atoms with Crippen LogP contribution in [0.4, 0.5) is 5.82 Å². The van der Waals surface area contributed by atoms with Crippen LogP contribution in [0.15, 0.2) is 18.6 Å². The van der Waals surface area contributed by atoms with Crippen LogP contribution in [0.25, 0.3) is 0 Å². The number of piperidine rings is 1. The lowest BCUT2D eigenvalue weighted by atomic mass is 10.1. The molecule has 0 saturated carbocycles. The van der Waals surface area contributed by atoms with E-state index in [0.29, 0.717) is 0 Å². The Balaban J connectivity index is 1.84. The third-order valence-corrected chi connectivity index (χ3v) is 3.10. The maximum atomic E-state index is 11.2. The summed E-state index contributed by atoms with van der Waals surface area (Å²) in [5.41, 5.74) is 0. The Morgan fingerprint density at radius 3 is 2.82 bits per heavy atom. The summed E-state index contributed by atoms with van der Waals surface area (Å²) in [7, 11) is 0. The molecule has 1 aromatic heterocycles. The summed E-state index contributed by atoms with van der Waals surface area (Å²) in [5, 5.41) is 2.91. The highest BCUT2D eigenvalue weighted by Gasteiger charge is 2.21. The van der Waals surface area contributed by atoms with E-state index in [9.17, 15) is 4.79 Å². The number of nitrogens with zero attached hydrogens (tertiary/aromatic N) is 3. The van der Waals surface area contributed by atoms with Crippen LogP contribution in [0.1, 0.15) is 12.8 Å². The molecule has 0 aliphatic carbocycles. The van der Waals surface area contributed by atoms with Crippen molar-refractivity contribution in [3.8, 4) is 0 Å². The van der Waals surface area contributed by atoms with Gasteiger partial charge in [0.2, 0.25) is 5.91 Å². The van der Waals surface area contributed by atoms with E-state index in [1.54, 1.807) is 18.6 Å². The van der Waals surface area contributed by atoms with Gasteiger partial charge in [0.15, 0.2) is 0 Å². The summed E-state index contributed by atoms with van der Waals surface area (Å²) in [5.74, 6) is 0.837. The number of hydrogen-bond donors (Lipinski definition) is 1. The van der Waals surface area contributed by atoms with Crippen LogP contribution in [0, 0.1) is 0 Å². The van der Waals surface area contributed by atoms with Gasteiger partial charge in [0.1, 0.15) is 11.7 Å². The van der Waals surface area contributed by atoms with Crippen molar-refractivity contribution in [1.82, 2.24) is 15.3 Å². The standard InChI is InChI=1S/C11H15ClN4O/c12-7-11(17)15-9-1-5-16(6-2-9)10-8-13-3-4-14-10/h3-4,8-9H,1-2,5-7H2,(H,15,17). The Morgan fingerprint density at radius 1 is 1.47 bits per heavy atom. The highest BCUT2D eigenvalue weighted by atomic mass is 35.5. The molecule has 2 heterocycles. The first kappa shape index (κ1) is 12.1. The molecule has 92 valence electrons. The summed E-state index contributed by atoms with van der Waals surface area (Å²) >= 11 is 5.46. The van der Waals surface area contributed by atoms with Gasteiger partial charge in [-0.1, -0.05) is 0 Å². The van der Waals surface area contributed by atoms with Crippen molar-refractivity contribution in [3.05, 3.63) is 18.6 Å². The van der Waals surface area contributed by atoms with Crippen LogP contribution in [-0.2, 0) is 4.79 Å². The zero-order valence-corrected chi connectivity index (χ0v) is 10.2. The van der Waals surface area contributed by atoms with Gasteiger partial charge in [-0.3, -0.25) is 9.78 Å². The first-order valence-electron chi connectivity index (χ1n) is 5.66. The van der Waals surface area contributed by atoms with Crippen LogP contribution in [-0.4, -0.2) is 40.9 Å². The minimum absolute atomic E-state index is 0.0321. The fourth-order valence-corrected chi connectivity index (χ4v) is 2.05. The van der Waals surface area contributed by atoms with Crippen molar-refractivity contribution >= 4 is 23.3 Å². The lowest BCUT2D eigenvalue weighted by Gasteiger charge is -2.32. The number of carbonyl (C=O) groups excluding carboxylic acids is 1. The molecule has 1 aliphatic rings. The van der Waals surface area contributed by atoms with Gasteiger partial charge in [-0.15, -0.1) is 11.6 Å². The normalized spacial score (nSPS) is 16.9. The van der Waals surface area contributed by atoms with Crippen LogP contribution in [0.2, 0.25) is 0 Å². The van der Waals surface area contributed by atoms with Gasteiger partial charge in [0, 0.05) is 31.5 Å². The smallest absolute Gasteiger partial charge is 0.235 e. The van der Waals surface area contributed by atoms with E-state index in [1.807, 2.05) is 0 Å². The predicted molar refractivity (Wildman–Crippen MR) is 66.1 cm³/mol. The fraction of sp³-hybridized carbons (Fsp3) is 0.545. The molecule has 2 rings (SSSR count). The number of nitrogens with one attached hydrogen (secondary N) is 1. The molecule has 0 unspecified atom stereocenters. The Hall–Kier alpha value is -1.36. The summed E-state index contributed by atoms with van der Waals surface area (Å²) in [6.07, 6.45) is 6.95.